The fraction of sp³-hybridized carbons (Fsp3) is 0.632. The second-order valence-electron chi connectivity index (χ2n) is 6.92. The second-order valence-corrected chi connectivity index (χ2v) is 6.92. The standard InChI is InChI=1S/C19H31N3O2.HI/c1-6-20-18(22-11-10-19(3,4)14-22)21-13-15-8-9-16(23-5)17(12-15)24-7-2;/h8-9,12H,6-7,10-11,13-14H2,1-5H3,(H,20,21);1H. The van der Waals surface area contributed by atoms with E-state index in [1.165, 1.54) is 6.42 Å². The molecule has 1 aromatic rings. The number of hydrogen-bond donors (Lipinski definition) is 1. The lowest BCUT2D eigenvalue weighted by Gasteiger charge is -2.23. The van der Waals surface area contributed by atoms with Crippen molar-refractivity contribution in [3.05, 3.63) is 23.8 Å². The molecule has 142 valence electrons. The summed E-state index contributed by atoms with van der Waals surface area (Å²) >= 11 is 0. The molecule has 0 unspecified atom stereocenters. The molecule has 6 heteroatoms. The van der Waals surface area contributed by atoms with Gasteiger partial charge in [-0.1, -0.05) is 19.9 Å². The largest absolute Gasteiger partial charge is 0.493 e. The van der Waals surface area contributed by atoms with Crippen LogP contribution in [-0.2, 0) is 6.54 Å². The number of rotatable bonds is 6. The van der Waals surface area contributed by atoms with Gasteiger partial charge in [-0.05, 0) is 43.4 Å². The smallest absolute Gasteiger partial charge is 0.194 e. The van der Waals surface area contributed by atoms with E-state index in [-0.39, 0.29) is 24.0 Å². The summed E-state index contributed by atoms with van der Waals surface area (Å²) in [5, 5.41) is 3.41. The maximum atomic E-state index is 5.65. The van der Waals surface area contributed by atoms with Crippen LogP contribution in [0, 0.1) is 5.41 Å². The Kier molecular flexibility index (Phi) is 8.82. The van der Waals surface area contributed by atoms with E-state index in [0.29, 0.717) is 18.6 Å². The Morgan fingerprint density at radius 1 is 1.28 bits per heavy atom. The zero-order chi connectivity index (χ0) is 17.6. The van der Waals surface area contributed by atoms with Gasteiger partial charge >= 0.3 is 0 Å². The van der Waals surface area contributed by atoms with Gasteiger partial charge in [-0.3, -0.25) is 0 Å². The Morgan fingerprint density at radius 2 is 2.04 bits per heavy atom. The summed E-state index contributed by atoms with van der Waals surface area (Å²) in [5.41, 5.74) is 1.48. The topological polar surface area (TPSA) is 46.1 Å². The number of guanidine groups is 1. The van der Waals surface area contributed by atoms with Crippen LogP contribution < -0.4 is 14.8 Å². The summed E-state index contributed by atoms with van der Waals surface area (Å²) in [6.45, 7) is 12.9. The van der Waals surface area contributed by atoms with Crippen LogP contribution in [0.2, 0.25) is 0 Å². The predicted octanol–water partition coefficient (Wildman–Crippen LogP) is 3.91. The first kappa shape index (κ1) is 21.9. The Bertz CT molecular complexity index is 576. The molecule has 0 aliphatic carbocycles. The predicted molar refractivity (Wildman–Crippen MR) is 114 cm³/mol. The first-order valence-electron chi connectivity index (χ1n) is 8.82. The number of likely N-dealkylation sites (tertiary alicyclic amines) is 1. The van der Waals surface area contributed by atoms with Crippen molar-refractivity contribution in [1.29, 1.82) is 0 Å². The number of ether oxygens (including phenoxy) is 2. The van der Waals surface area contributed by atoms with Crippen molar-refractivity contribution in [2.45, 2.75) is 40.7 Å². The van der Waals surface area contributed by atoms with Crippen LogP contribution in [-0.4, -0.2) is 44.2 Å². The van der Waals surface area contributed by atoms with E-state index < -0.39 is 0 Å². The molecule has 2 rings (SSSR count). The molecule has 1 aliphatic heterocycles. The summed E-state index contributed by atoms with van der Waals surface area (Å²) in [6.07, 6.45) is 1.20. The minimum atomic E-state index is 0. The van der Waals surface area contributed by atoms with E-state index in [4.69, 9.17) is 14.5 Å². The third kappa shape index (κ3) is 6.24. The van der Waals surface area contributed by atoms with Gasteiger partial charge in [0.05, 0.1) is 20.3 Å². The number of nitrogens with one attached hydrogen (secondary N) is 1. The molecule has 1 fully saturated rings. The van der Waals surface area contributed by atoms with Gasteiger partial charge in [0.1, 0.15) is 0 Å². The summed E-state index contributed by atoms with van der Waals surface area (Å²) in [4.78, 5) is 7.18. The van der Waals surface area contributed by atoms with Crippen LogP contribution in [0.1, 0.15) is 39.7 Å². The molecule has 0 aromatic heterocycles. The van der Waals surface area contributed by atoms with E-state index in [0.717, 1.165) is 42.7 Å². The highest BCUT2D eigenvalue weighted by Gasteiger charge is 2.30. The molecule has 1 N–H and O–H groups in total. The lowest BCUT2D eigenvalue weighted by atomic mass is 9.93. The first-order valence-corrected chi connectivity index (χ1v) is 8.82. The summed E-state index contributed by atoms with van der Waals surface area (Å²) < 4.78 is 11.0. The zero-order valence-corrected chi connectivity index (χ0v) is 18.4. The summed E-state index contributed by atoms with van der Waals surface area (Å²) in [5.74, 6) is 2.54. The highest BCUT2D eigenvalue weighted by atomic mass is 127. The average molecular weight is 461 g/mol. The van der Waals surface area contributed by atoms with Crippen molar-refractivity contribution < 1.29 is 9.47 Å². The number of benzene rings is 1. The molecule has 0 radical (unpaired) electrons. The first-order chi connectivity index (χ1) is 11.5. The Balaban J connectivity index is 0.00000312. The van der Waals surface area contributed by atoms with Crippen LogP contribution in [0.15, 0.2) is 23.2 Å². The van der Waals surface area contributed by atoms with Crippen molar-refractivity contribution in [1.82, 2.24) is 10.2 Å². The van der Waals surface area contributed by atoms with Crippen molar-refractivity contribution in [3.63, 3.8) is 0 Å². The molecule has 1 saturated heterocycles. The van der Waals surface area contributed by atoms with Gasteiger partial charge in [-0.25, -0.2) is 4.99 Å². The lowest BCUT2D eigenvalue weighted by molar-refractivity contribution is 0.310. The highest BCUT2D eigenvalue weighted by Crippen LogP contribution is 2.30. The third-order valence-corrected chi connectivity index (χ3v) is 4.25. The quantitative estimate of drug-likeness (QED) is 0.397. The van der Waals surface area contributed by atoms with Gasteiger partial charge in [-0.15, -0.1) is 24.0 Å². The highest BCUT2D eigenvalue weighted by molar-refractivity contribution is 14.0. The van der Waals surface area contributed by atoms with Gasteiger partial charge in [0.15, 0.2) is 17.5 Å². The molecule has 25 heavy (non-hydrogen) atoms. The van der Waals surface area contributed by atoms with Crippen LogP contribution >= 0.6 is 24.0 Å². The monoisotopic (exact) mass is 461 g/mol. The van der Waals surface area contributed by atoms with Crippen molar-refractivity contribution in [2.75, 3.05) is 33.4 Å². The number of aliphatic imine (C=N–C) groups is 1. The van der Waals surface area contributed by atoms with Crippen LogP contribution in [0.25, 0.3) is 0 Å². The number of methoxy groups -OCH3 is 1. The molecular formula is C19H32IN3O2. The van der Waals surface area contributed by atoms with E-state index in [1.54, 1.807) is 7.11 Å². The van der Waals surface area contributed by atoms with E-state index in [1.807, 2.05) is 25.1 Å². The van der Waals surface area contributed by atoms with Crippen molar-refractivity contribution in [2.24, 2.45) is 10.4 Å². The molecule has 1 heterocycles. The number of halogens is 1. The third-order valence-electron chi connectivity index (χ3n) is 4.25. The molecule has 0 amide bonds. The van der Waals surface area contributed by atoms with Gasteiger partial charge in [0.25, 0.3) is 0 Å². The van der Waals surface area contributed by atoms with Crippen LogP contribution in [0.5, 0.6) is 11.5 Å². The van der Waals surface area contributed by atoms with E-state index in [2.05, 4.69) is 31.0 Å². The second kappa shape index (κ2) is 10.1. The molecule has 0 bridgehead atoms. The van der Waals surface area contributed by atoms with Gasteiger partial charge < -0.3 is 19.7 Å². The lowest BCUT2D eigenvalue weighted by Crippen LogP contribution is -2.40. The summed E-state index contributed by atoms with van der Waals surface area (Å²) in [6, 6.07) is 6.01. The van der Waals surface area contributed by atoms with Gasteiger partial charge in [-0.2, -0.15) is 0 Å². The fourth-order valence-electron chi connectivity index (χ4n) is 2.97. The summed E-state index contributed by atoms with van der Waals surface area (Å²) in [7, 11) is 1.66. The Labute approximate surface area is 169 Å². The maximum absolute atomic E-state index is 5.65. The SMILES string of the molecule is CCNC(=NCc1ccc(OC)c(OCC)c1)N1CCC(C)(C)C1.I. The van der Waals surface area contributed by atoms with Gasteiger partial charge in [0, 0.05) is 19.6 Å². The normalized spacial score (nSPS) is 16.4. The van der Waals surface area contributed by atoms with Crippen LogP contribution in [0.3, 0.4) is 0 Å². The molecular weight excluding hydrogens is 429 g/mol. The van der Waals surface area contributed by atoms with E-state index >= 15 is 0 Å². The Hall–Kier alpha value is -1.18. The molecule has 0 spiro atoms. The number of nitrogens with zero attached hydrogens (tertiary/aromatic N) is 2. The molecule has 5 nitrogen and oxygen atoms in total. The molecule has 1 aliphatic rings. The fourth-order valence-corrected chi connectivity index (χ4v) is 2.97. The van der Waals surface area contributed by atoms with Crippen LogP contribution in [0.4, 0.5) is 0 Å². The van der Waals surface area contributed by atoms with Crippen molar-refractivity contribution >= 4 is 29.9 Å². The van der Waals surface area contributed by atoms with Crippen molar-refractivity contribution in [3.8, 4) is 11.5 Å². The average Bonchev–Trinajstić information content (AvgIpc) is 2.92. The Morgan fingerprint density at radius 3 is 2.60 bits per heavy atom. The molecule has 0 atom stereocenters. The number of hydrogen-bond acceptors (Lipinski definition) is 3. The molecule has 1 aromatic carbocycles. The van der Waals surface area contributed by atoms with Gasteiger partial charge in [0.2, 0.25) is 0 Å². The maximum Gasteiger partial charge on any atom is 0.194 e. The molecule has 0 saturated carbocycles. The van der Waals surface area contributed by atoms with E-state index in [9.17, 15) is 0 Å². The minimum absolute atomic E-state index is 0. The minimum Gasteiger partial charge on any atom is -0.493 e. The zero-order valence-electron chi connectivity index (χ0n) is 16.1.